The number of fused-ring (bicyclic) bond motifs is 1. The summed E-state index contributed by atoms with van der Waals surface area (Å²) in [5, 5.41) is 3.11. The largest absolute Gasteiger partial charge is 0.486 e. The van der Waals surface area contributed by atoms with Crippen LogP contribution < -0.4 is 9.47 Å². The maximum Gasteiger partial charge on any atom is 0.227 e. The Hall–Kier alpha value is -2.86. The van der Waals surface area contributed by atoms with Gasteiger partial charge in [-0.05, 0) is 25.5 Å². The number of carbonyl (C=O) groups excluding carboxylic acids is 1. The third kappa shape index (κ3) is 4.43. The lowest BCUT2D eigenvalue weighted by Gasteiger charge is -2.25. The SMILES string of the molecule is CCN(Cc1cccc2c1OCCO2)C(=O)Cc1ccc(-c2csc(C)n2)cc1. The maximum absolute atomic E-state index is 12.9. The molecule has 6 heteroatoms. The standard InChI is InChI=1S/C23H24N2O3S/c1-3-25(14-19-5-4-6-21-23(19)28-12-11-27-21)22(26)13-17-7-9-18(10-8-17)20-15-29-16(2)24-20/h4-10,15H,3,11-14H2,1-2H3. The summed E-state index contributed by atoms with van der Waals surface area (Å²) in [5.41, 5.74) is 4.04. The average molecular weight is 409 g/mol. The lowest BCUT2D eigenvalue weighted by atomic mass is 10.1. The van der Waals surface area contributed by atoms with Crippen molar-refractivity contribution in [3.8, 4) is 22.8 Å². The number of likely N-dealkylation sites (N-methyl/N-ethyl adjacent to an activating group) is 1. The Kier molecular flexibility index (Phi) is 5.81. The van der Waals surface area contributed by atoms with Gasteiger partial charge in [-0.25, -0.2) is 4.98 Å². The second-order valence-corrected chi connectivity index (χ2v) is 8.04. The van der Waals surface area contributed by atoms with E-state index in [9.17, 15) is 4.79 Å². The molecule has 2 aromatic carbocycles. The number of carbonyl (C=O) groups is 1. The highest BCUT2D eigenvalue weighted by Gasteiger charge is 2.19. The molecule has 0 saturated carbocycles. The number of hydrogen-bond acceptors (Lipinski definition) is 5. The van der Waals surface area contributed by atoms with Crippen LogP contribution >= 0.6 is 11.3 Å². The second kappa shape index (κ2) is 8.66. The van der Waals surface area contributed by atoms with Crippen molar-refractivity contribution in [2.24, 2.45) is 0 Å². The fourth-order valence-corrected chi connectivity index (χ4v) is 4.04. The molecule has 0 N–H and O–H groups in total. The van der Waals surface area contributed by atoms with Crippen molar-refractivity contribution in [2.45, 2.75) is 26.8 Å². The molecular formula is C23H24N2O3S. The first-order valence-corrected chi connectivity index (χ1v) is 10.7. The lowest BCUT2D eigenvalue weighted by Crippen LogP contribution is -2.32. The second-order valence-electron chi connectivity index (χ2n) is 6.97. The van der Waals surface area contributed by atoms with Crippen LogP contribution in [-0.2, 0) is 17.8 Å². The van der Waals surface area contributed by atoms with E-state index in [0.717, 1.165) is 38.9 Å². The number of rotatable bonds is 6. The van der Waals surface area contributed by atoms with Gasteiger partial charge in [0.1, 0.15) is 13.2 Å². The van der Waals surface area contributed by atoms with Gasteiger partial charge in [0.2, 0.25) is 5.91 Å². The van der Waals surface area contributed by atoms with Gasteiger partial charge in [0.25, 0.3) is 0 Å². The molecule has 2 heterocycles. The van der Waals surface area contributed by atoms with E-state index in [-0.39, 0.29) is 5.91 Å². The number of hydrogen-bond donors (Lipinski definition) is 0. The molecule has 1 aliphatic rings. The van der Waals surface area contributed by atoms with Crippen molar-refractivity contribution in [1.82, 2.24) is 9.88 Å². The number of aromatic nitrogens is 1. The maximum atomic E-state index is 12.9. The van der Waals surface area contributed by atoms with E-state index in [1.165, 1.54) is 0 Å². The van der Waals surface area contributed by atoms with Crippen molar-refractivity contribution in [3.63, 3.8) is 0 Å². The van der Waals surface area contributed by atoms with Crippen LogP contribution in [0.4, 0.5) is 0 Å². The van der Waals surface area contributed by atoms with E-state index < -0.39 is 0 Å². The van der Waals surface area contributed by atoms with Crippen LogP contribution in [0.25, 0.3) is 11.3 Å². The van der Waals surface area contributed by atoms with Gasteiger partial charge >= 0.3 is 0 Å². The number of amides is 1. The molecule has 0 fully saturated rings. The van der Waals surface area contributed by atoms with Gasteiger partial charge in [-0.3, -0.25) is 4.79 Å². The first-order valence-electron chi connectivity index (χ1n) is 9.80. The van der Waals surface area contributed by atoms with Crippen molar-refractivity contribution in [2.75, 3.05) is 19.8 Å². The van der Waals surface area contributed by atoms with Gasteiger partial charge in [-0.2, -0.15) is 0 Å². The molecule has 0 unspecified atom stereocenters. The van der Waals surface area contributed by atoms with Crippen LogP contribution in [0.3, 0.4) is 0 Å². The van der Waals surface area contributed by atoms with Gasteiger partial charge in [0.05, 0.1) is 17.1 Å². The summed E-state index contributed by atoms with van der Waals surface area (Å²) in [4.78, 5) is 19.3. The Morgan fingerprint density at radius 2 is 1.93 bits per heavy atom. The van der Waals surface area contributed by atoms with Crippen molar-refractivity contribution in [1.29, 1.82) is 0 Å². The Labute approximate surface area is 174 Å². The van der Waals surface area contributed by atoms with Crippen molar-refractivity contribution >= 4 is 17.2 Å². The summed E-state index contributed by atoms with van der Waals surface area (Å²) in [6.45, 7) is 6.25. The predicted octanol–water partition coefficient (Wildman–Crippen LogP) is 4.48. The van der Waals surface area contributed by atoms with Crippen molar-refractivity contribution < 1.29 is 14.3 Å². The molecule has 0 saturated heterocycles. The molecular weight excluding hydrogens is 384 g/mol. The molecule has 0 spiro atoms. The molecule has 1 amide bonds. The summed E-state index contributed by atoms with van der Waals surface area (Å²) in [7, 11) is 0. The predicted molar refractivity (Wildman–Crippen MR) is 115 cm³/mol. The number of aryl methyl sites for hydroxylation is 1. The average Bonchev–Trinajstić information content (AvgIpc) is 3.19. The lowest BCUT2D eigenvalue weighted by molar-refractivity contribution is -0.130. The number of ether oxygens (including phenoxy) is 2. The van der Waals surface area contributed by atoms with Gasteiger partial charge < -0.3 is 14.4 Å². The summed E-state index contributed by atoms with van der Waals surface area (Å²) in [6, 6.07) is 13.9. The zero-order valence-electron chi connectivity index (χ0n) is 16.7. The normalized spacial score (nSPS) is 12.6. The van der Waals surface area contributed by atoms with E-state index in [1.807, 2.05) is 61.2 Å². The van der Waals surface area contributed by atoms with Gasteiger partial charge in [-0.1, -0.05) is 36.4 Å². The molecule has 0 bridgehead atoms. The Balaban J connectivity index is 1.44. The highest BCUT2D eigenvalue weighted by atomic mass is 32.1. The monoisotopic (exact) mass is 408 g/mol. The summed E-state index contributed by atoms with van der Waals surface area (Å²) >= 11 is 1.64. The van der Waals surface area contributed by atoms with Crippen LogP contribution in [0.15, 0.2) is 47.8 Å². The zero-order valence-corrected chi connectivity index (χ0v) is 17.5. The summed E-state index contributed by atoms with van der Waals surface area (Å²) < 4.78 is 11.4. The van der Waals surface area contributed by atoms with Crippen LogP contribution in [0.1, 0.15) is 23.1 Å². The third-order valence-electron chi connectivity index (χ3n) is 4.97. The molecule has 4 rings (SSSR count). The fraction of sp³-hybridized carbons (Fsp3) is 0.304. The Morgan fingerprint density at radius 1 is 1.14 bits per heavy atom. The van der Waals surface area contributed by atoms with E-state index in [0.29, 0.717) is 32.7 Å². The molecule has 1 aliphatic heterocycles. The molecule has 1 aromatic heterocycles. The topological polar surface area (TPSA) is 51.7 Å². The van der Waals surface area contributed by atoms with E-state index in [2.05, 4.69) is 10.4 Å². The van der Waals surface area contributed by atoms with Gasteiger partial charge in [0.15, 0.2) is 11.5 Å². The van der Waals surface area contributed by atoms with E-state index in [4.69, 9.17) is 9.47 Å². The molecule has 0 atom stereocenters. The van der Waals surface area contributed by atoms with Crippen molar-refractivity contribution in [3.05, 3.63) is 64.0 Å². The highest BCUT2D eigenvalue weighted by molar-refractivity contribution is 7.09. The molecule has 3 aromatic rings. The number of thiazole rings is 1. The number of para-hydroxylation sites is 1. The Morgan fingerprint density at radius 3 is 2.66 bits per heavy atom. The van der Waals surface area contributed by atoms with Gasteiger partial charge in [0, 0.05) is 29.6 Å². The molecule has 0 radical (unpaired) electrons. The van der Waals surface area contributed by atoms with Crippen LogP contribution in [0.2, 0.25) is 0 Å². The molecule has 5 nitrogen and oxygen atoms in total. The summed E-state index contributed by atoms with van der Waals surface area (Å²) in [5.74, 6) is 1.61. The van der Waals surface area contributed by atoms with Gasteiger partial charge in [-0.15, -0.1) is 11.3 Å². The fourth-order valence-electron chi connectivity index (χ4n) is 3.42. The molecule has 29 heavy (non-hydrogen) atoms. The van der Waals surface area contributed by atoms with Crippen LogP contribution in [0.5, 0.6) is 11.5 Å². The number of nitrogens with zero attached hydrogens (tertiary/aromatic N) is 2. The quantitative estimate of drug-likeness (QED) is 0.603. The smallest absolute Gasteiger partial charge is 0.227 e. The first-order chi connectivity index (χ1) is 14.1. The van der Waals surface area contributed by atoms with E-state index >= 15 is 0 Å². The summed E-state index contributed by atoms with van der Waals surface area (Å²) in [6.07, 6.45) is 0.372. The highest BCUT2D eigenvalue weighted by Crippen LogP contribution is 2.34. The first kappa shape index (κ1) is 19.5. The van der Waals surface area contributed by atoms with Crippen LogP contribution in [-0.4, -0.2) is 35.5 Å². The zero-order chi connectivity index (χ0) is 20.2. The molecule has 150 valence electrons. The minimum Gasteiger partial charge on any atom is -0.486 e. The third-order valence-corrected chi connectivity index (χ3v) is 5.74. The minimum absolute atomic E-state index is 0.0964. The molecule has 0 aliphatic carbocycles. The number of benzene rings is 2. The Bertz CT molecular complexity index is 998. The van der Waals surface area contributed by atoms with Crippen LogP contribution in [0, 0.1) is 6.92 Å². The van der Waals surface area contributed by atoms with E-state index in [1.54, 1.807) is 11.3 Å². The minimum atomic E-state index is 0.0964.